The number of hydrogen-bond acceptors (Lipinski definition) is 3. The largest absolute Gasteiger partial charge is 0.347 e. The average Bonchev–Trinajstić information content (AvgIpc) is 3.00. The number of fused-ring (bicyclic) bond motifs is 1. The van der Waals surface area contributed by atoms with Crippen molar-refractivity contribution < 1.29 is 4.92 Å². The Balaban J connectivity index is 2.13. The number of non-ortho nitro benzene ring substituents is 1. The lowest BCUT2D eigenvalue weighted by atomic mass is 10.2. The minimum atomic E-state index is -0.446. The van der Waals surface area contributed by atoms with Gasteiger partial charge in [0.05, 0.1) is 34.0 Å². The Hall–Kier alpha value is -2.34. The summed E-state index contributed by atoms with van der Waals surface area (Å²) in [6.45, 7) is 0.557. The molecule has 2 aromatic heterocycles. The summed E-state index contributed by atoms with van der Waals surface area (Å²) in [7, 11) is 0. The van der Waals surface area contributed by atoms with Crippen LogP contribution in [0.1, 0.15) is 5.69 Å². The molecule has 0 spiro atoms. The predicted molar refractivity (Wildman–Crippen MR) is 71.3 cm³/mol. The van der Waals surface area contributed by atoms with Crippen molar-refractivity contribution in [2.24, 2.45) is 0 Å². The van der Waals surface area contributed by atoms with E-state index in [0.29, 0.717) is 11.6 Å². The highest BCUT2D eigenvalue weighted by Crippen LogP contribution is 2.30. The second-order valence-corrected chi connectivity index (χ2v) is 4.55. The maximum Gasteiger partial charge on any atom is 0.273 e. The van der Waals surface area contributed by atoms with E-state index in [-0.39, 0.29) is 5.69 Å². The Morgan fingerprint density at radius 2 is 2.32 bits per heavy atom. The van der Waals surface area contributed by atoms with Crippen LogP contribution in [0.15, 0.2) is 36.9 Å². The molecule has 1 aromatic carbocycles. The third-order valence-electron chi connectivity index (χ3n) is 2.93. The lowest BCUT2D eigenvalue weighted by Crippen LogP contribution is -1.98. The molecule has 0 radical (unpaired) electrons. The first-order valence-electron chi connectivity index (χ1n) is 5.55. The topological polar surface area (TPSA) is 76.8 Å². The maximum atomic E-state index is 10.9. The summed E-state index contributed by atoms with van der Waals surface area (Å²) in [4.78, 5) is 17.4. The van der Waals surface area contributed by atoms with Crippen molar-refractivity contribution in [2.75, 3.05) is 0 Å². The van der Waals surface area contributed by atoms with Crippen molar-refractivity contribution >= 4 is 28.2 Å². The fraction of sp³-hybridized carbons (Fsp3) is 0.0833. The van der Waals surface area contributed by atoms with E-state index in [1.165, 1.54) is 12.1 Å². The monoisotopic (exact) mass is 276 g/mol. The highest BCUT2D eigenvalue weighted by atomic mass is 35.5. The van der Waals surface area contributed by atoms with Crippen LogP contribution in [0.2, 0.25) is 5.02 Å². The molecule has 0 saturated heterocycles. The first-order valence-corrected chi connectivity index (χ1v) is 5.93. The zero-order valence-electron chi connectivity index (χ0n) is 9.71. The van der Waals surface area contributed by atoms with E-state index >= 15 is 0 Å². The molecule has 2 heterocycles. The number of rotatable bonds is 3. The molecule has 0 atom stereocenters. The van der Waals surface area contributed by atoms with Gasteiger partial charge in [0.15, 0.2) is 0 Å². The molecule has 0 fully saturated rings. The van der Waals surface area contributed by atoms with Crippen LogP contribution in [-0.4, -0.2) is 19.5 Å². The van der Waals surface area contributed by atoms with Gasteiger partial charge in [0, 0.05) is 29.9 Å². The maximum absolute atomic E-state index is 10.9. The summed E-state index contributed by atoms with van der Waals surface area (Å²) in [5, 5.41) is 12.0. The molecule has 6 nitrogen and oxygen atoms in total. The molecular formula is C12H9ClN4O2. The van der Waals surface area contributed by atoms with E-state index < -0.39 is 4.92 Å². The number of aromatic nitrogens is 3. The third-order valence-corrected chi connectivity index (χ3v) is 3.24. The molecule has 3 aromatic rings. The second kappa shape index (κ2) is 4.40. The number of imidazole rings is 1. The molecule has 7 heteroatoms. The molecule has 19 heavy (non-hydrogen) atoms. The normalized spacial score (nSPS) is 11.0. The van der Waals surface area contributed by atoms with Crippen LogP contribution >= 0.6 is 11.6 Å². The van der Waals surface area contributed by atoms with Gasteiger partial charge in [-0.3, -0.25) is 10.1 Å². The molecule has 0 aliphatic heterocycles. The zero-order valence-corrected chi connectivity index (χ0v) is 10.5. The van der Waals surface area contributed by atoms with Gasteiger partial charge >= 0.3 is 0 Å². The van der Waals surface area contributed by atoms with E-state index in [9.17, 15) is 10.1 Å². The number of nitrogens with zero attached hydrogens (tertiary/aromatic N) is 3. The predicted octanol–water partition coefficient (Wildman–Crippen LogP) is 2.97. The minimum Gasteiger partial charge on any atom is -0.347 e. The van der Waals surface area contributed by atoms with Gasteiger partial charge in [-0.1, -0.05) is 11.6 Å². The second-order valence-electron chi connectivity index (χ2n) is 4.14. The third kappa shape index (κ3) is 2.06. The smallest absolute Gasteiger partial charge is 0.273 e. The molecule has 96 valence electrons. The molecule has 3 rings (SSSR count). The van der Waals surface area contributed by atoms with Gasteiger partial charge in [-0.25, -0.2) is 4.98 Å². The first-order chi connectivity index (χ1) is 9.15. The van der Waals surface area contributed by atoms with Crippen LogP contribution in [0.5, 0.6) is 0 Å². The molecule has 0 bridgehead atoms. The van der Waals surface area contributed by atoms with Crippen molar-refractivity contribution in [3.8, 4) is 0 Å². The fourth-order valence-corrected chi connectivity index (χ4v) is 2.31. The molecule has 0 aliphatic rings. The number of aromatic amines is 1. The molecule has 0 unspecified atom stereocenters. The van der Waals surface area contributed by atoms with E-state index in [1.54, 1.807) is 12.5 Å². The highest BCUT2D eigenvalue weighted by Gasteiger charge is 2.13. The van der Waals surface area contributed by atoms with Crippen LogP contribution in [0.25, 0.3) is 10.9 Å². The number of H-pyrrole nitrogens is 1. The van der Waals surface area contributed by atoms with Crippen LogP contribution in [-0.2, 0) is 6.54 Å². The summed E-state index contributed by atoms with van der Waals surface area (Å²) < 4.78 is 1.89. The van der Waals surface area contributed by atoms with Gasteiger partial charge in [-0.15, -0.1) is 0 Å². The van der Waals surface area contributed by atoms with Gasteiger partial charge < -0.3 is 9.55 Å². The highest BCUT2D eigenvalue weighted by molar-refractivity contribution is 6.35. The number of nitro groups is 1. The van der Waals surface area contributed by atoms with Gasteiger partial charge in [0.2, 0.25) is 0 Å². The summed E-state index contributed by atoms with van der Waals surface area (Å²) >= 11 is 6.06. The SMILES string of the molecule is O=[N+]([O-])c1cc(Cl)c2ccn(Cc3cnc[nH]3)c2c1. The van der Waals surface area contributed by atoms with E-state index in [0.717, 1.165) is 16.6 Å². The van der Waals surface area contributed by atoms with Crippen molar-refractivity contribution in [3.63, 3.8) is 0 Å². The van der Waals surface area contributed by atoms with Crippen LogP contribution in [0, 0.1) is 10.1 Å². The molecule has 0 amide bonds. The summed E-state index contributed by atoms with van der Waals surface area (Å²) in [6, 6.07) is 4.74. The van der Waals surface area contributed by atoms with Gasteiger partial charge in [0.25, 0.3) is 5.69 Å². The minimum absolute atomic E-state index is 0.0120. The quantitative estimate of drug-likeness (QED) is 0.590. The zero-order chi connectivity index (χ0) is 13.4. The Labute approximate surface area is 112 Å². The number of nitrogens with one attached hydrogen (secondary N) is 1. The lowest BCUT2D eigenvalue weighted by molar-refractivity contribution is -0.384. The molecule has 0 saturated carbocycles. The van der Waals surface area contributed by atoms with Gasteiger partial charge in [0.1, 0.15) is 0 Å². The standard InChI is InChI=1S/C12H9ClN4O2/c13-11-3-9(17(18)19)4-12-10(11)1-2-16(12)6-8-5-14-7-15-8/h1-5,7H,6H2,(H,14,15). The number of nitro benzene ring substituents is 1. The fourth-order valence-electron chi connectivity index (χ4n) is 2.03. The van der Waals surface area contributed by atoms with Gasteiger partial charge in [-0.2, -0.15) is 0 Å². The average molecular weight is 277 g/mol. The summed E-state index contributed by atoms with van der Waals surface area (Å²) in [5.41, 5.74) is 1.64. The Morgan fingerprint density at radius 1 is 1.47 bits per heavy atom. The van der Waals surface area contributed by atoms with E-state index in [4.69, 9.17) is 11.6 Å². The van der Waals surface area contributed by atoms with Crippen molar-refractivity contribution in [3.05, 3.63) is 57.8 Å². The first kappa shape index (κ1) is 11.7. The lowest BCUT2D eigenvalue weighted by Gasteiger charge is -2.04. The van der Waals surface area contributed by atoms with Gasteiger partial charge in [-0.05, 0) is 6.07 Å². The van der Waals surface area contributed by atoms with Crippen molar-refractivity contribution in [2.45, 2.75) is 6.54 Å². The molecule has 0 aliphatic carbocycles. The van der Waals surface area contributed by atoms with Crippen LogP contribution < -0.4 is 0 Å². The molecular weight excluding hydrogens is 268 g/mol. The number of halogens is 1. The summed E-state index contributed by atoms with van der Waals surface area (Å²) in [6.07, 6.45) is 5.16. The Kier molecular flexibility index (Phi) is 2.72. The van der Waals surface area contributed by atoms with E-state index in [2.05, 4.69) is 9.97 Å². The Bertz CT molecular complexity index is 749. The van der Waals surface area contributed by atoms with Crippen molar-refractivity contribution in [1.29, 1.82) is 0 Å². The van der Waals surface area contributed by atoms with Crippen molar-refractivity contribution in [1.82, 2.24) is 14.5 Å². The Morgan fingerprint density at radius 3 is 3.00 bits per heavy atom. The van der Waals surface area contributed by atoms with Crippen LogP contribution in [0.3, 0.4) is 0 Å². The number of hydrogen-bond donors (Lipinski definition) is 1. The van der Waals surface area contributed by atoms with E-state index in [1.807, 2.05) is 16.8 Å². The summed E-state index contributed by atoms with van der Waals surface area (Å²) in [5.74, 6) is 0. The molecule has 1 N–H and O–H groups in total. The number of benzene rings is 1. The van der Waals surface area contributed by atoms with Crippen LogP contribution in [0.4, 0.5) is 5.69 Å².